The number of nitrogens with zero attached hydrogens (tertiary/aromatic N) is 3. The van der Waals surface area contributed by atoms with Crippen LogP contribution in [0.2, 0.25) is 10.0 Å². The van der Waals surface area contributed by atoms with Crippen LogP contribution < -0.4 is 10.6 Å². The predicted molar refractivity (Wildman–Crippen MR) is 152 cm³/mol. The number of rotatable bonds is 5. The van der Waals surface area contributed by atoms with Crippen LogP contribution >= 0.6 is 43.0 Å². The van der Waals surface area contributed by atoms with Crippen molar-refractivity contribution in [2.75, 3.05) is 22.9 Å². The first kappa shape index (κ1) is 26.2. The van der Waals surface area contributed by atoms with Crippen LogP contribution in [0.3, 0.4) is 0 Å². The number of nitrogens with two attached hydrogens (primary N) is 1. The minimum atomic E-state index is -2.07. The van der Waals surface area contributed by atoms with Gasteiger partial charge in [0.2, 0.25) is 0 Å². The van der Waals surface area contributed by atoms with Crippen LogP contribution in [-0.2, 0) is 0 Å². The molecule has 0 fully saturated rings. The van der Waals surface area contributed by atoms with Crippen LogP contribution in [0.25, 0.3) is 11.1 Å². The summed E-state index contributed by atoms with van der Waals surface area (Å²) >= 11 is 10.6. The van der Waals surface area contributed by atoms with Crippen LogP contribution in [0, 0.1) is 9.39 Å². The number of halogens is 4. The molecule has 1 aromatic heterocycles. The number of amides is 2. The standard InChI is InChI=1S/C26H22Cl2FIN4O2/c1-15-12-30(8-9-32-13-15)22-11-17(18-10-16(24(31)35)6-7-19(18)27)14-33-25(22)34(2)26(36)23-20(28)4-3-5-21(23)29/h3-7,10-14H,8-9H2,1-2H3,(H2,31,35). The Morgan fingerprint density at radius 3 is 2.64 bits per heavy atom. The van der Waals surface area contributed by atoms with Crippen molar-refractivity contribution in [3.63, 3.8) is 0 Å². The summed E-state index contributed by atoms with van der Waals surface area (Å²) in [5.74, 6) is -1.46. The van der Waals surface area contributed by atoms with E-state index in [-0.39, 0.29) is 10.6 Å². The van der Waals surface area contributed by atoms with Gasteiger partial charge in [0.15, 0.2) is 0 Å². The van der Waals surface area contributed by atoms with Gasteiger partial charge in [0, 0.05) is 0 Å². The number of allylic oxidation sites excluding steroid dienone is 1. The Morgan fingerprint density at radius 2 is 1.92 bits per heavy atom. The summed E-state index contributed by atoms with van der Waals surface area (Å²) in [5, 5.41) is 0.459. The molecule has 0 bridgehead atoms. The molecule has 4 rings (SSSR count). The number of carbonyl (C=O) groups is 2. The van der Waals surface area contributed by atoms with Crippen molar-refractivity contribution in [1.82, 2.24) is 4.98 Å². The van der Waals surface area contributed by atoms with E-state index in [0.717, 1.165) is 13.6 Å². The Hall–Kier alpha value is -2.82. The Balaban J connectivity index is 1.87. The third-order valence-corrected chi connectivity index (χ3v) is 11.8. The molecular formula is C26H22Cl2FIN4O2. The summed E-state index contributed by atoms with van der Waals surface area (Å²) in [4.78, 5) is 35.5. The Kier molecular flexibility index (Phi) is 8.07. The Morgan fingerprint density at radius 1 is 1.14 bits per heavy atom. The molecule has 0 spiro atoms. The zero-order chi connectivity index (χ0) is 26.0. The molecule has 2 aromatic carbocycles. The Bertz CT molecular complexity index is 1410. The molecule has 36 heavy (non-hydrogen) atoms. The second kappa shape index (κ2) is 11.1. The average Bonchev–Trinajstić information content (AvgIpc) is 3.07. The van der Waals surface area contributed by atoms with Gasteiger partial charge < -0.3 is 0 Å². The van der Waals surface area contributed by atoms with Crippen LogP contribution in [-0.4, -0.2) is 41.0 Å². The van der Waals surface area contributed by atoms with Crippen LogP contribution in [0.15, 0.2) is 63.3 Å². The minimum absolute atomic E-state index is 0.0255. The molecule has 0 atom stereocenters. The SMILES string of the molecule is CC1=CI(c2cc(-c3cc(C(N)=O)ccc3Cl)cnc2N(C)C(=O)c2c(F)cccc2Cl)CCN=C1. The van der Waals surface area contributed by atoms with Gasteiger partial charge in [-0.1, -0.05) is 0 Å². The number of carbonyl (C=O) groups excluding carboxylic acids is 2. The maximum absolute atomic E-state index is 14.5. The molecule has 6 nitrogen and oxygen atoms in total. The third-order valence-electron chi connectivity index (χ3n) is 5.46. The van der Waals surface area contributed by atoms with E-state index in [2.05, 4.69) is 14.1 Å². The van der Waals surface area contributed by atoms with E-state index in [9.17, 15) is 14.0 Å². The van der Waals surface area contributed by atoms with Crippen molar-refractivity contribution >= 4 is 66.9 Å². The summed E-state index contributed by atoms with van der Waals surface area (Å²) in [5.41, 5.74) is 7.89. The number of aliphatic imine (C=N–C) groups is 1. The quantitative estimate of drug-likeness (QED) is 0.265. The van der Waals surface area contributed by atoms with Gasteiger partial charge in [-0.2, -0.15) is 0 Å². The van der Waals surface area contributed by atoms with Gasteiger partial charge in [-0.25, -0.2) is 0 Å². The van der Waals surface area contributed by atoms with Crippen molar-refractivity contribution in [2.45, 2.75) is 6.92 Å². The molecule has 0 radical (unpaired) electrons. The zero-order valence-electron chi connectivity index (χ0n) is 19.4. The first-order valence-corrected chi connectivity index (χ1v) is 15.4. The normalized spacial score (nSPS) is 14.2. The summed E-state index contributed by atoms with van der Waals surface area (Å²) in [6.45, 7) is 2.63. The number of aromatic nitrogens is 1. The third kappa shape index (κ3) is 5.45. The van der Waals surface area contributed by atoms with Crippen LogP contribution in [0.4, 0.5) is 10.2 Å². The number of primary amides is 1. The maximum atomic E-state index is 14.5. The van der Waals surface area contributed by atoms with Gasteiger partial charge in [0.25, 0.3) is 0 Å². The van der Waals surface area contributed by atoms with Crippen LogP contribution in [0.1, 0.15) is 27.6 Å². The zero-order valence-corrected chi connectivity index (χ0v) is 23.1. The van der Waals surface area contributed by atoms with Crippen molar-refractivity contribution < 1.29 is 14.0 Å². The predicted octanol–water partition coefficient (Wildman–Crippen LogP) is 6.23. The molecule has 186 valence electrons. The number of pyridine rings is 1. The monoisotopic (exact) mass is 638 g/mol. The fourth-order valence-corrected chi connectivity index (χ4v) is 9.37. The van der Waals surface area contributed by atoms with Crippen LogP contribution in [0.5, 0.6) is 0 Å². The van der Waals surface area contributed by atoms with Gasteiger partial charge in [-0.05, 0) is 0 Å². The molecule has 3 aromatic rings. The van der Waals surface area contributed by atoms with Crippen molar-refractivity contribution in [3.8, 4) is 11.1 Å². The van der Waals surface area contributed by atoms with E-state index in [1.807, 2.05) is 19.2 Å². The van der Waals surface area contributed by atoms with Crippen molar-refractivity contribution in [1.29, 1.82) is 0 Å². The molecule has 10 heteroatoms. The summed E-state index contributed by atoms with van der Waals surface area (Å²) in [6.07, 6.45) is 3.42. The van der Waals surface area contributed by atoms with E-state index in [0.29, 0.717) is 34.1 Å². The van der Waals surface area contributed by atoms with Crippen molar-refractivity contribution in [2.24, 2.45) is 10.7 Å². The van der Waals surface area contributed by atoms with Gasteiger partial charge >= 0.3 is 226 Å². The topological polar surface area (TPSA) is 88.7 Å². The molecule has 0 saturated heterocycles. The summed E-state index contributed by atoms with van der Waals surface area (Å²) in [7, 11) is 1.55. The molecule has 1 aliphatic rings. The van der Waals surface area contributed by atoms with E-state index in [1.54, 1.807) is 31.4 Å². The van der Waals surface area contributed by atoms with E-state index < -0.39 is 37.5 Å². The second-order valence-electron chi connectivity index (χ2n) is 8.02. The number of benzene rings is 2. The summed E-state index contributed by atoms with van der Waals surface area (Å²) < 4.78 is 18.5. The number of alkyl halides is 1. The van der Waals surface area contributed by atoms with E-state index in [4.69, 9.17) is 28.9 Å². The van der Waals surface area contributed by atoms with E-state index in [1.165, 1.54) is 23.1 Å². The van der Waals surface area contributed by atoms with Crippen molar-refractivity contribution in [3.05, 3.63) is 88.9 Å². The molecule has 0 saturated carbocycles. The number of hydrogen-bond donors (Lipinski definition) is 1. The first-order valence-electron chi connectivity index (χ1n) is 10.8. The molecule has 0 aliphatic carbocycles. The first-order chi connectivity index (χ1) is 17.2. The van der Waals surface area contributed by atoms with Gasteiger partial charge in [0.1, 0.15) is 0 Å². The number of hydrogen-bond acceptors (Lipinski definition) is 4. The fraction of sp³-hybridized carbons (Fsp3) is 0.154. The van der Waals surface area contributed by atoms with E-state index >= 15 is 0 Å². The molecular weight excluding hydrogens is 617 g/mol. The molecule has 2 amide bonds. The average molecular weight is 639 g/mol. The van der Waals surface area contributed by atoms with Gasteiger partial charge in [0.05, 0.1) is 0 Å². The Labute approximate surface area is 225 Å². The van der Waals surface area contributed by atoms with Gasteiger partial charge in [-0.3, -0.25) is 0 Å². The molecule has 1 aliphatic heterocycles. The molecule has 2 N–H and O–H groups in total. The number of anilines is 1. The van der Waals surface area contributed by atoms with Gasteiger partial charge in [-0.15, -0.1) is 0 Å². The summed E-state index contributed by atoms with van der Waals surface area (Å²) in [6, 6.07) is 10.9. The molecule has 2 heterocycles. The second-order valence-corrected chi connectivity index (χ2v) is 14.0. The molecule has 0 unspecified atom stereocenters. The fourth-order valence-electron chi connectivity index (χ4n) is 3.67.